The van der Waals surface area contributed by atoms with Gasteiger partial charge in [-0.2, -0.15) is 0 Å². The minimum absolute atomic E-state index is 0.870. The summed E-state index contributed by atoms with van der Waals surface area (Å²) in [7, 11) is 0. The normalized spacial score (nSPS) is 22.0. The Kier molecular flexibility index (Phi) is 6.38. The molecule has 1 N–H and O–H groups in total. The van der Waals surface area contributed by atoms with Crippen LogP contribution in [0.3, 0.4) is 0 Å². The predicted molar refractivity (Wildman–Crippen MR) is 58.8 cm³/mol. The van der Waals surface area contributed by atoms with Crippen LogP contribution < -0.4 is 0 Å². The molecule has 1 heteroatoms. The summed E-state index contributed by atoms with van der Waals surface area (Å²) < 4.78 is 0. The predicted octanol–water partition coefficient (Wildman–Crippen LogP) is 4.22. The molecule has 0 heterocycles. The monoisotopic (exact) mass is 182 g/mol. The molecule has 76 valence electrons. The first-order valence-corrected chi connectivity index (χ1v) is 5.08. The minimum atomic E-state index is 0.870. The van der Waals surface area contributed by atoms with Crippen LogP contribution in [0.15, 0.2) is 23.5 Å². The van der Waals surface area contributed by atoms with E-state index in [1.165, 1.54) is 12.8 Å². The summed E-state index contributed by atoms with van der Waals surface area (Å²) in [5, 5.41) is 7.89. The summed E-state index contributed by atoms with van der Waals surface area (Å²) in [5.74, 6) is 0.870. The van der Waals surface area contributed by atoms with E-state index in [-0.39, 0.29) is 0 Å². The van der Waals surface area contributed by atoms with Gasteiger partial charge < -0.3 is 5.11 Å². The van der Waals surface area contributed by atoms with E-state index < -0.39 is 0 Å². The quantitative estimate of drug-likeness (QED) is 0.475. The van der Waals surface area contributed by atoms with Gasteiger partial charge in [-0.3, -0.25) is 0 Å². The molecule has 0 fully saturated rings. The molecule has 0 aromatic carbocycles. The minimum Gasteiger partial charge on any atom is -0.516 e. The lowest BCUT2D eigenvalue weighted by molar-refractivity contribution is 0.471. The Morgan fingerprint density at radius 2 is 2.08 bits per heavy atom. The van der Waals surface area contributed by atoms with Crippen LogP contribution in [-0.4, -0.2) is 5.11 Å². The summed E-state index contributed by atoms with van der Waals surface area (Å²) in [6.45, 7) is 8.78. The van der Waals surface area contributed by atoms with E-state index in [4.69, 9.17) is 5.11 Å². The molecule has 0 bridgehead atoms. The first kappa shape index (κ1) is 12.3. The number of hydrogen-bond donors (Lipinski definition) is 1. The number of hydrogen-bond acceptors (Lipinski definition) is 1. The van der Waals surface area contributed by atoms with Crippen LogP contribution in [0, 0.1) is 5.92 Å². The van der Waals surface area contributed by atoms with Crippen molar-refractivity contribution in [1.82, 2.24) is 0 Å². The Labute approximate surface area is 82.2 Å². The van der Waals surface area contributed by atoms with Crippen molar-refractivity contribution in [3.8, 4) is 0 Å². The Morgan fingerprint density at radius 1 is 1.46 bits per heavy atom. The summed E-state index contributed by atoms with van der Waals surface area (Å²) in [5.41, 5.74) is 3.25. The highest BCUT2D eigenvalue weighted by molar-refractivity contribution is 5.17. The van der Waals surface area contributed by atoms with Gasteiger partial charge in [-0.25, -0.2) is 0 Å². The molecule has 0 saturated heterocycles. The van der Waals surface area contributed by atoms with E-state index in [2.05, 4.69) is 20.8 Å². The Balaban J connectivity index is 0.000000252. The standard InChI is InChI=1S/C8H14.C4H8O/c1-6-4-5-7(2)8(6)3;1-2-3-4-5/h6H,4-5H2,1-3H3;3-5H,2H2,1H3/b;4-3+. The van der Waals surface area contributed by atoms with Crippen molar-refractivity contribution in [3.05, 3.63) is 23.5 Å². The Morgan fingerprint density at radius 3 is 2.15 bits per heavy atom. The van der Waals surface area contributed by atoms with Crippen molar-refractivity contribution < 1.29 is 5.11 Å². The highest BCUT2D eigenvalue weighted by Crippen LogP contribution is 2.30. The second kappa shape index (κ2) is 6.76. The molecule has 0 radical (unpaired) electrons. The molecule has 0 amide bonds. The summed E-state index contributed by atoms with van der Waals surface area (Å²) >= 11 is 0. The third kappa shape index (κ3) is 4.76. The zero-order valence-electron chi connectivity index (χ0n) is 9.30. The molecular weight excluding hydrogens is 160 g/mol. The van der Waals surface area contributed by atoms with E-state index in [1.54, 1.807) is 17.2 Å². The van der Waals surface area contributed by atoms with Crippen molar-refractivity contribution >= 4 is 0 Å². The van der Waals surface area contributed by atoms with E-state index in [1.807, 2.05) is 6.92 Å². The highest BCUT2D eigenvalue weighted by atomic mass is 16.2. The van der Waals surface area contributed by atoms with Gasteiger partial charge in [0.1, 0.15) is 0 Å². The van der Waals surface area contributed by atoms with Gasteiger partial charge in [-0.15, -0.1) is 0 Å². The Bertz CT molecular complexity index is 189. The highest BCUT2D eigenvalue weighted by Gasteiger charge is 2.13. The van der Waals surface area contributed by atoms with Crippen LogP contribution in [0.5, 0.6) is 0 Å². The van der Waals surface area contributed by atoms with Crippen molar-refractivity contribution in [1.29, 1.82) is 0 Å². The first-order chi connectivity index (χ1) is 6.13. The zero-order chi connectivity index (χ0) is 10.3. The molecular formula is C12H22O. The molecule has 13 heavy (non-hydrogen) atoms. The second-order valence-corrected chi connectivity index (χ2v) is 3.70. The lowest BCUT2D eigenvalue weighted by Gasteiger charge is -2.00. The molecule has 0 saturated carbocycles. The molecule has 0 aromatic heterocycles. The molecule has 0 aliphatic heterocycles. The lowest BCUT2D eigenvalue weighted by atomic mass is 10.1. The number of allylic oxidation sites excluding steroid dienone is 3. The average molecular weight is 182 g/mol. The van der Waals surface area contributed by atoms with Crippen LogP contribution in [0.25, 0.3) is 0 Å². The van der Waals surface area contributed by atoms with E-state index >= 15 is 0 Å². The fraction of sp³-hybridized carbons (Fsp3) is 0.667. The van der Waals surface area contributed by atoms with Gasteiger partial charge >= 0.3 is 0 Å². The van der Waals surface area contributed by atoms with Gasteiger partial charge in [0.25, 0.3) is 0 Å². The van der Waals surface area contributed by atoms with Crippen LogP contribution in [0.4, 0.5) is 0 Å². The van der Waals surface area contributed by atoms with E-state index in [9.17, 15) is 0 Å². The van der Waals surface area contributed by atoms with Gasteiger partial charge in [0.2, 0.25) is 0 Å². The molecule has 0 aromatic rings. The maximum Gasteiger partial charge on any atom is 0.0751 e. The maximum absolute atomic E-state index is 7.89. The first-order valence-electron chi connectivity index (χ1n) is 5.08. The van der Waals surface area contributed by atoms with Crippen LogP contribution in [0.1, 0.15) is 47.0 Å². The number of rotatable bonds is 1. The van der Waals surface area contributed by atoms with Crippen molar-refractivity contribution in [3.63, 3.8) is 0 Å². The van der Waals surface area contributed by atoms with Gasteiger partial charge in [0.05, 0.1) is 6.26 Å². The van der Waals surface area contributed by atoms with Crippen LogP contribution in [-0.2, 0) is 0 Å². The lowest BCUT2D eigenvalue weighted by Crippen LogP contribution is -1.86. The Hall–Kier alpha value is -0.720. The molecule has 1 unspecified atom stereocenters. The largest absolute Gasteiger partial charge is 0.516 e. The zero-order valence-corrected chi connectivity index (χ0v) is 9.30. The number of aliphatic hydroxyl groups excluding tert-OH is 1. The molecule has 1 nitrogen and oxygen atoms in total. The topological polar surface area (TPSA) is 20.2 Å². The molecule has 1 rings (SSSR count). The summed E-state index contributed by atoms with van der Waals surface area (Å²) in [4.78, 5) is 0. The fourth-order valence-electron chi connectivity index (χ4n) is 1.37. The van der Waals surface area contributed by atoms with Gasteiger partial charge in [-0.05, 0) is 39.0 Å². The number of aliphatic hydroxyl groups is 1. The van der Waals surface area contributed by atoms with Crippen molar-refractivity contribution in [2.75, 3.05) is 0 Å². The van der Waals surface area contributed by atoms with E-state index in [0.29, 0.717) is 0 Å². The van der Waals surface area contributed by atoms with Gasteiger partial charge in [-0.1, -0.05) is 31.1 Å². The maximum atomic E-state index is 7.89. The third-order valence-electron chi connectivity index (χ3n) is 2.71. The molecule has 0 spiro atoms. The molecule has 1 aliphatic rings. The summed E-state index contributed by atoms with van der Waals surface area (Å²) in [6, 6.07) is 0. The molecule has 1 atom stereocenters. The molecule has 1 aliphatic carbocycles. The summed E-state index contributed by atoms with van der Waals surface area (Å²) in [6.07, 6.45) is 6.38. The van der Waals surface area contributed by atoms with Gasteiger partial charge in [0.15, 0.2) is 0 Å². The SMILES string of the molecule is CC/C=C/O.CC1=C(C)C(C)CC1. The van der Waals surface area contributed by atoms with Crippen LogP contribution >= 0.6 is 0 Å². The third-order valence-corrected chi connectivity index (χ3v) is 2.71. The van der Waals surface area contributed by atoms with Gasteiger partial charge in [0, 0.05) is 0 Å². The average Bonchev–Trinajstić information content (AvgIpc) is 2.39. The smallest absolute Gasteiger partial charge is 0.0751 e. The van der Waals surface area contributed by atoms with Crippen molar-refractivity contribution in [2.45, 2.75) is 47.0 Å². The van der Waals surface area contributed by atoms with Crippen molar-refractivity contribution in [2.24, 2.45) is 5.92 Å². The fourth-order valence-corrected chi connectivity index (χ4v) is 1.37. The van der Waals surface area contributed by atoms with Crippen LogP contribution in [0.2, 0.25) is 0 Å². The van der Waals surface area contributed by atoms with E-state index in [0.717, 1.165) is 18.6 Å². The second-order valence-electron chi connectivity index (χ2n) is 3.70.